The van der Waals surface area contributed by atoms with Crippen LogP contribution in [0.15, 0.2) is 0 Å². The Morgan fingerprint density at radius 2 is 1.20 bits per heavy atom. The molecule has 0 aliphatic rings. The molecular weight excluding hydrogens is 311 g/mol. The van der Waals surface area contributed by atoms with Gasteiger partial charge in [-0.1, -0.05) is 0 Å². The summed E-state index contributed by atoms with van der Waals surface area (Å²) in [5.74, 6) is -5.98. The topological polar surface area (TPSA) is 141 Å². The molecule has 0 heterocycles. The molecule has 0 amide bonds. The van der Waals surface area contributed by atoms with E-state index in [1.54, 1.807) is 0 Å². The zero-order valence-electron chi connectivity index (χ0n) is 6.91. The van der Waals surface area contributed by atoms with Gasteiger partial charge in [-0.3, -0.25) is 0 Å². The Morgan fingerprint density at radius 3 is 1.33 bits per heavy atom. The van der Waals surface area contributed by atoms with Crippen LogP contribution in [0.5, 0.6) is 0 Å². The number of carboxylic acids is 3. The van der Waals surface area contributed by atoms with Crippen LogP contribution in [0.1, 0.15) is 12.8 Å². The van der Waals surface area contributed by atoms with Crippen molar-refractivity contribution in [1.29, 1.82) is 0 Å². The maximum absolute atomic E-state index is 10.1. The number of rotatable bonds is 5. The molecule has 9 heteroatoms. The average Bonchev–Trinajstić information content (AvgIpc) is 1.82. The molecule has 0 aliphatic heterocycles. The van der Waals surface area contributed by atoms with Crippen molar-refractivity contribution in [3.8, 4) is 0 Å². The Balaban J connectivity index is -0.000000720. The number of aliphatic hydroxyl groups is 1. The third-order valence-corrected chi connectivity index (χ3v) is 1.25. The molecule has 0 aromatic heterocycles. The van der Waals surface area contributed by atoms with Gasteiger partial charge in [0, 0.05) is 24.8 Å². The van der Waals surface area contributed by atoms with E-state index in [4.69, 9.17) is 5.11 Å². The Labute approximate surface area is 105 Å². The molecule has 0 unspecified atom stereocenters. The van der Waals surface area contributed by atoms with Crippen molar-refractivity contribution in [3.63, 3.8) is 0 Å². The van der Waals surface area contributed by atoms with Gasteiger partial charge in [-0.2, -0.15) is 0 Å². The fourth-order valence-corrected chi connectivity index (χ4v) is 0.684. The van der Waals surface area contributed by atoms with Gasteiger partial charge >= 0.3 is 34.1 Å². The Bertz CT molecular complexity index is 236. The minimum absolute atomic E-state index is 0. The SMILES string of the molecule is O=C([O-])CC(O)(CC(=O)[O-])C(=O)[O-].[Cu+2].[Cu+2]. The first-order valence-electron chi connectivity index (χ1n) is 3.11. The Kier molecular flexibility index (Phi) is 10.2. The van der Waals surface area contributed by atoms with E-state index >= 15 is 0 Å². The fourth-order valence-electron chi connectivity index (χ4n) is 0.684. The van der Waals surface area contributed by atoms with Gasteiger partial charge in [0.2, 0.25) is 0 Å². The van der Waals surface area contributed by atoms with Crippen molar-refractivity contribution in [3.05, 3.63) is 0 Å². The standard InChI is InChI=1S/C6H8O7.2Cu/c7-3(8)1-6(13,5(11)12)2-4(9)10;;/h13H,1-2H2,(H,7,8)(H,9,10)(H,11,12);;/q;2*+2/p-3. The first-order valence-corrected chi connectivity index (χ1v) is 3.11. The molecule has 0 bridgehead atoms. The van der Waals surface area contributed by atoms with E-state index in [2.05, 4.69) is 0 Å². The van der Waals surface area contributed by atoms with Gasteiger partial charge < -0.3 is 34.8 Å². The number of aliphatic carboxylic acids is 3. The van der Waals surface area contributed by atoms with E-state index in [1.165, 1.54) is 0 Å². The minimum Gasteiger partial charge on any atom is -0.550 e. The summed E-state index contributed by atoms with van der Waals surface area (Å²) < 4.78 is 0. The predicted molar refractivity (Wildman–Crippen MR) is 29.2 cm³/mol. The van der Waals surface area contributed by atoms with Crippen LogP contribution in [0.2, 0.25) is 0 Å². The Morgan fingerprint density at radius 1 is 0.933 bits per heavy atom. The van der Waals surface area contributed by atoms with Crippen molar-refractivity contribution < 1.29 is 68.9 Å². The smallest absolute Gasteiger partial charge is 0.550 e. The molecule has 0 saturated carbocycles. The third kappa shape index (κ3) is 7.35. The van der Waals surface area contributed by atoms with Crippen LogP contribution in [0.4, 0.5) is 0 Å². The van der Waals surface area contributed by atoms with Gasteiger partial charge in [-0.25, -0.2) is 0 Å². The van der Waals surface area contributed by atoms with Crippen molar-refractivity contribution >= 4 is 17.9 Å². The molecule has 15 heavy (non-hydrogen) atoms. The maximum Gasteiger partial charge on any atom is 2.00 e. The minimum atomic E-state index is -2.97. The molecule has 92 valence electrons. The first kappa shape index (κ1) is 19.9. The van der Waals surface area contributed by atoms with E-state index < -0.39 is 36.4 Å². The normalized spacial score (nSPS) is 9.40. The molecular formula is C6H5Cu2O7+. The number of carbonyl (C=O) groups excluding carboxylic acids is 3. The van der Waals surface area contributed by atoms with Gasteiger partial charge in [-0.05, 0) is 0 Å². The Hall–Kier alpha value is -0.591. The molecule has 0 aromatic rings. The number of carbonyl (C=O) groups is 3. The van der Waals surface area contributed by atoms with Crippen LogP contribution in [-0.4, -0.2) is 28.6 Å². The number of hydrogen-bond acceptors (Lipinski definition) is 7. The van der Waals surface area contributed by atoms with E-state index in [1.807, 2.05) is 0 Å². The van der Waals surface area contributed by atoms with Gasteiger partial charge in [0.05, 0.1) is 5.97 Å². The van der Waals surface area contributed by atoms with Crippen molar-refractivity contribution in [2.75, 3.05) is 0 Å². The van der Waals surface area contributed by atoms with Crippen molar-refractivity contribution in [1.82, 2.24) is 0 Å². The van der Waals surface area contributed by atoms with E-state index in [0.717, 1.165) is 0 Å². The molecule has 0 spiro atoms. The first-order chi connectivity index (χ1) is 5.78. The summed E-state index contributed by atoms with van der Waals surface area (Å²) in [7, 11) is 0. The zero-order valence-corrected chi connectivity index (χ0v) is 8.80. The zero-order chi connectivity index (χ0) is 10.6. The fraction of sp³-hybridized carbons (Fsp3) is 0.500. The summed E-state index contributed by atoms with van der Waals surface area (Å²) in [6.45, 7) is 0. The molecule has 2 radical (unpaired) electrons. The number of carboxylic acid groups (broad SMARTS) is 3. The molecule has 0 rings (SSSR count). The third-order valence-electron chi connectivity index (χ3n) is 1.25. The predicted octanol–water partition coefficient (Wildman–Crippen LogP) is -5.26. The van der Waals surface area contributed by atoms with Gasteiger partial charge in [-0.15, -0.1) is 0 Å². The van der Waals surface area contributed by atoms with Crippen molar-refractivity contribution in [2.24, 2.45) is 0 Å². The van der Waals surface area contributed by atoms with Crippen LogP contribution < -0.4 is 15.3 Å². The van der Waals surface area contributed by atoms with Crippen LogP contribution in [-0.2, 0) is 48.5 Å². The van der Waals surface area contributed by atoms with Crippen molar-refractivity contribution in [2.45, 2.75) is 18.4 Å². The summed E-state index contributed by atoms with van der Waals surface area (Å²) in [5.41, 5.74) is -2.97. The molecule has 0 aliphatic carbocycles. The maximum atomic E-state index is 10.1. The average molecular weight is 316 g/mol. The second-order valence-corrected chi connectivity index (χ2v) is 2.42. The summed E-state index contributed by atoms with van der Waals surface area (Å²) in [5, 5.41) is 38.9. The summed E-state index contributed by atoms with van der Waals surface area (Å²) >= 11 is 0. The second kappa shape index (κ2) is 7.67. The van der Waals surface area contributed by atoms with Crippen LogP contribution >= 0.6 is 0 Å². The van der Waals surface area contributed by atoms with Gasteiger partial charge in [0.25, 0.3) is 0 Å². The second-order valence-electron chi connectivity index (χ2n) is 2.42. The largest absolute Gasteiger partial charge is 2.00 e. The molecule has 0 aromatic carbocycles. The quantitative estimate of drug-likeness (QED) is 0.499. The summed E-state index contributed by atoms with van der Waals surface area (Å²) in [6.07, 6.45) is -2.72. The molecule has 1 N–H and O–H groups in total. The van der Waals surface area contributed by atoms with E-state index in [0.29, 0.717) is 0 Å². The molecule has 0 atom stereocenters. The number of hydrogen-bond donors (Lipinski definition) is 1. The molecule has 7 nitrogen and oxygen atoms in total. The monoisotopic (exact) mass is 315 g/mol. The van der Waals surface area contributed by atoms with E-state index in [9.17, 15) is 29.7 Å². The van der Waals surface area contributed by atoms with Gasteiger partial charge in [0.1, 0.15) is 5.60 Å². The molecule has 0 saturated heterocycles. The summed E-state index contributed by atoms with van der Waals surface area (Å²) in [6, 6.07) is 0. The molecule has 0 fully saturated rings. The van der Waals surface area contributed by atoms with Crippen LogP contribution in [0.3, 0.4) is 0 Å². The van der Waals surface area contributed by atoms with Crippen LogP contribution in [0.25, 0.3) is 0 Å². The summed E-state index contributed by atoms with van der Waals surface area (Å²) in [4.78, 5) is 30.0. The van der Waals surface area contributed by atoms with E-state index in [-0.39, 0.29) is 34.1 Å². The van der Waals surface area contributed by atoms with Crippen LogP contribution in [0, 0.1) is 0 Å². The van der Waals surface area contributed by atoms with Gasteiger partial charge in [0.15, 0.2) is 0 Å².